The lowest BCUT2D eigenvalue weighted by atomic mass is 10.2. The SMILES string of the molecule is COC(=O)c1ccccc1NC(=O)CN(C)Cc1ccccc1Br. The van der Waals surface area contributed by atoms with E-state index in [9.17, 15) is 9.59 Å². The molecule has 0 aliphatic carbocycles. The first-order valence-electron chi connectivity index (χ1n) is 7.40. The van der Waals surface area contributed by atoms with Crippen LogP contribution in [0.1, 0.15) is 15.9 Å². The predicted octanol–water partition coefficient (Wildman–Crippen LogP) is 3.31. The lowest BCUT2D eigenvalue weighted by Gasteiger charge is -2.17. The third-order valence-corrected chi connectivity index (χ3v) is 4.19. The quantitative estimate of drug-likeness (QED) is 0.768. The Morgan fingerprint density at radius 1 is 1.12 bits per heavy atom. The number of halogens is 1. The standard InChI is InChI=1S/C18H19BrN2O3/c1-21(11-13-7-3-5-9-15(13)19)12-17(22)20-16-10-6-4-8-14(16)18(23)24-2/h3-10H,11-12H2,1-2H3,(H,20,22). The number of hydrogen-bond acceptors (Lipinski definition) is 4. The Morgan fingerprint density at radius 3 is 2.50 bits per heavy atom. The molecule has 24 heavy (non-hydrogen) atoms. The molecule has 5 nitrogen and oxygen atoms in total. The number of nitrogens with zero attached hydrogens (tertiary/aromatic N) is 1. The summed E-state index contributed by atoms with van der Waals surface area (Å²) in [4.78, 5) is 25.9. The number of carbonyl (C=O) groups excluding carboxylic acids is 2. The second-order valence-electron chi connectivity index (χ2n) is 5.35. The Kier molecular flexibility index (Phi) is 6.52. The number of rotatable bonds is 6. The average Bonchev–Trinajstić information content (AvgIpc) is 2.56. The summed E-state index contributed by atoms with van der Waals surface area (Å²) in [5.74, 6) is -0.673. The number of likely N-dealkylation sites (N-methyl/N-ethyl adjacent to an activating group) is 1. The monoisotopic (exact) mass is 390 g/mol. The Bertz CT molecular complexity index is 734. The molecule has 0 bridgehead atoms. The zero-order chi connectivity index (χ0) is 17.5. The Morgan fingerprint density at radius 2 is 1.79 bits per heavy atom. The Balaban J connectivity index is 1.99. The summed E-state index contributed by atoms with van der Waals surface area (Å²) >= 11 is 3.50. The molecule has 1 N–H and O–H groups in total. The van der Waals surface area contributed by atoms with Gasteiger partial charge in [-0.3, -0.25) is 9.69 Å². The van der Waals surface area contributed by atoms with Crippen molar-refractivity contribution in [1.82, 2.24) is 4.90 Å². The van der Waals surface area contributed by atoms with Crippen molar-refractivity contribution >= 4 is 33.5 Å². The van der Waals surface area contributed by atoms with Crippen molar-refractivity contribution in [3.63, 3.8) is 0 Å². The molecule has 0 unspecified atom stereocenters. The van der Waals surface area contributed by atoms with Gasteiger partial charge in [0.25, 0.3) is 0 Å². The van der Waals surface area contributed by atoms with Gasteiger partial charge in [0, 0.05) is 11.0 Å². The molecule has 2 rings (SSSR count). The number of ether oxygens (including phenoxy) is 1. The zero-order valence-corrected chi connectivity index (χ0v) is 15.2. The third kappa shape index (κ3) is 4.91. The summed E-state index contributed by atoms with van der Waals surface area (Å²) in [6, 6.07) is 14.7. The highest BCUT2D eigenvalue weighted by Crippen LogP contribution is 2.18. The van der Waals surface area contributed by atoms with Gasteiger partial charge in [0.1, 0.15) is 0 Å². The Labute approximate surface area is 149 Å². The number of esters is 1. The van der Waals surface area contributed by atoms with Gasteiger partial charge in [-0.05, 0) is 30.8 Å². The first-order valence-corrected chi connectivity index (χ1v) is 8.19. The van der Waals surface area contributed by atoms with Gasteiger partial charge in [0.05, 0.1) is 24.9 Å². The van der Waals surface area contributed by atoms with E-state index in [0.717, 1.165) is 10.0 Å². The minimum absolute atomic E-state index is 0.194. The van der Waals surface area contributed by atoms with Crippen molar-refractivity contribution in [1.29, 1.82) is 0 Å². The van der Waals surface area contributed by atoms with Crippen LogP contribution in [0.25, 0.3) is 0 Å². The van der Waals surface area contributed by atoms with Crippen molar-refractivity contribution in [2.75, 3.05) is 26.0 Å². The second-order valence-corrected chi connectivity index (χ2v) is 6.20. The average molecular weight is 391 g/mol. The molecule has 0 saturated carbocycles. The van der Waals surface area contributed by atoms with E-state index in [4.69, 9.17) is 4.74 Å². The summed E-state index contributed by atoms with van der Waals surface area (Å²) in [6.07, 6.45) is 0. The molecule has 126 valence electrons. The summed E-state index contributed by atoms with van der Waals surface area (Å²) < 4.78 is 5.73. The molecule has 6 heteroatoms. The van der Waals surface area contributed by atoms with Gasteiger partial charge in [-0.2, -0.15) is 0 Å². The van der Waals surface area contributed by atoms with Crippen LogP contribution in [0.2, 0.25) is 0 Å². The molecule has 0 aliphatic heterocycles. The van der Waals surface area contributed by atoms with Crippen LogP contribution in [0.4, 0.5) is 5.69 Å². The lowest BCUT2D eigenvalue weighted by Crippen LogP contribution is -2.30. The zero-order valence-electron chi connectivity index (χ0n) is 13.6. The fourth-order valence-corrected chi connectivity index (χ4v) is 2.70. The van der Waals surface area contributed by atoms with Gasteiger partial charge < -0.3 is 10.1 Å². The number of hydrogen-bond donors (Lipinski definition) is 1. The number of methoxy groups -OCH3 is 1. The van der Waals surface area contributed by atoms with E-state index < -0.39 is 5.97 Å². The van der Waals surface area contributed by atoms with Gasteiger partial charge in [0.2, 0.25) is 5.91 Å². The summed E-state index contributed by atoms with van der Waals surface area (Å²) in [5, 5.41) is 2.76. The van der Waals surface area contributed by atoms with Crippen LogP contribution in [-0.4, -0.2) is 37.5 Å². The number of anilines is 1. The van der Waals surface area contributed by atoms with Crippen LogP contribution in [-0.2, 0) is 16.1 Å². The fraction of sp³-hybridized carbons (Fsp3) is 0.222. The normalized spacial score (nSPS) is 10.5. The minimum atomic E-state index is -0.479. The van der Waals surface area contributed by atoms with E-state index in [1.54, 1.807) is 24.3 Å². The molecule has 0 saturated heterocycles. The molecule has 0 aliphatic rings. The lowest BCUT2D eigenvalue weighted by molar-refractivity contribution is -0.117. The highest BCUT2D eigenvalue weighted by atomic mass is 79.9. The van der Waals surface area contributed by atoms with E-state index in [1.807, 2.05) is 36.2 Å². The maximum atomic E-state index is 12.2. The number of para-hydroxylation sites is 1. The molecule has 0 radical (unpaired) electrons. The summed E-state index contributed by atoms with van der Waals surface area (Å²) in [5.41, 5.74) is 1.88. The van der Waals surface area contributed by atoms with Crippen molar-refractivity contribution < 1.29 is 14.3 Å². The van der Waals surface area contributed by atoms with Crippen LogP contribution >= 0.6 is 15.9 Å². The van der Waals surface area contributed by atoms with Crippen molar-refractivity contribution in [2.24, 2.45) is 0 Å². The largest absolute Gasteiger partial charge is 0.465 e. The van der Waals surface area contributed by atoms with E-state index in [1.165, 1.54) is 7.11 Å². The maximum absolute atomic E-state index is 12.2. The minimum Gasteiger partial charge on any atom is -0.465 e. The van der Waals surface area contributed by atoms with Crippen molar-refractivity contribution in [2.45, 2.75) is 6.54 Å². The van der Waals surface area contributed by atoms with Crippen LogP contribution in [0, 0.1) is 0 Å². The second kappa shape index (κ2) is 8.61. The summed E-state index contributed by atoms with van der Waals surface area (Å²) in [7, 11) is 3.18. The topological polar surface area (TPSA) is 58.6 Å². The molecule has 0 fully saturated rings. The van der Waals surface area contributed by atoms with Gasteiger partial charge in [-0.25, -0.2) is 4.79 Å². The number of nitrogens with one attached hydrogen (secondary N) is 1. The smallest absolute Gasteiger partial charge is 0.339 e. The molecular formula is C18H19BrN2O3. The highest BCUT2D eigenvalue weighted by molar-refractivity contribution is 9.10. The van der Waals surface area contributed by atoms with E-state index >= 15 is 0 Å². The Hall–Kier alpha value is -2.18. The third-order valence-electron chi connectivity index (χ3n) is 3.42. The number of amides is 1. The van der Waals surface area contributed by atoms with E-state index in [2.05, 4.69) is 21.2 Å². The molecule has 1 amide bonds. The molecule has 0 heterocycles. The van der Waals surface area contributed by atoms with Crippen LogP contribution in [0.3, 0.4) is 0 Å². The first-order chi connectivity index (χ1) is 11.5. The van der Waals surface area contributed by atoms with Crippen molar-refractivity contribution in [3.05, 3.63) is 64.1 Å². The van der Waals surface area contributed by atoms with Crippen molar-refractivity contribution in [3.8, 4) is 0 Å². The van der Waals surface area contributed by atoms with Crippen LogP contribution < -0.4 is 5.32 Å². The first kappa shape index (κ1) is 18.2. The highest BCUT2D eigenvalue weighted by Gasteiger charge is 2.14. The van der Waals surface area contributed by atoms with Gasteiger partial charge in [-0.1, -0.05) is 46.3 Å². The molecule has 2 aromatic carbocycles. The van der Waals surface area contributed by atoms with Gasteiger partial charge >= 0.3 is 5.97 Å². The number of benzene rings is 2. The molecule has 0 atom stereocenters. The predicted molar refractivity (Wildman–Crippen MR) is 96.9 cm³/mol. The van der Waals surface area contributed by atoms with E-state index in [-0.39, 0.29) is 12.5 Å². The van der Waals surface area contributed by atoms with Gasteiger partial charge in [-0.15, -0.1) is 0 Å². The molecular weight excluding hydrogens is 372 g/mol. The van der Waals surface area contributed by atoms with E-state index in [0.29, 0.717) is 17.8 Å². The van der Waals surface area contributed by atoms with Crippen LogP contribution in [0.15, 0.2) is 53.0 Å². The fourth-order valence-electron chi connectivity index (χ4n) is 2.29. The molecule has 2 aromatic rings. The number of carbonyl (C=O) groups is 2. The molecule has 0 spiro atoms. The maximum Gasteiger partial charge on any atom is 0.339 e. The molecule has 0 aromatic heterocycles. The van der Waals surface area contributed by atoms with Gasteiger partial charge in [0.15, 0.2) is 0 Å². The van der Waals surface area contributed by atoms with Crippen LogP contribution in [0.5, 0.6) is 0 Å². The summed E-state index contributed by atoms with van der Waals surface area (Å²) in [6.45, 7) is 0.838.